The Bertz CT molecular complexity index is 1630. The highest BCUT2D eigenvalue weighted by Gasteiger charge is 2.25. The summed E-state index contributed by atoms with van der Waals surface area (Å²) in [5.74, 6) is -1.91. The molecule has 0 aliphatic carbocycles. The number of nitrogens with one attached hydrogen (secondary N) is 2. The summed E-state index contributed by atoms with van der Waals surface area (Å²) in [4.78, 5) is 42.1. The molecule has 272 valence electrons. The van der Waals surface area contributed by atoms with Gasteiger partial charge in [0.2, 0.25) is 0 Å². The van der Waals surface area contributed by atoms with Gasteiger partial charge in [-0.3, -0.25) is 0 Å². The maximum atomic E-state index is 11.5. The molecule has 2 saturated heterocycles. The molecule has 2 fully saturated rings. The normalized spacial score (nSPS) is 19.5. The standard InChI is InChI=1S/2C19H21NO2.C4H4O4/c2*1-22-19(21)16-9-7-15(8-10-16)18-13-17(11-12-20-18)14-5-3-2-4-6-14;5-3(6)1-2-4(7)8/h2*2-10,17-18,20H,11-13H2,1H3;1-2H,(H,5,6)(H,7,8)/b;;2-1-/t2*17?,18-;/m00./s1. The number of hydrogen-bond acceptors (Lipinski definition) is 8. The van der Waals surface area contributed by atoms with Crippen LogP contribution >= 0.6 is 0 Å². The third-order valence-electron chi connectivity index (χ3n) is 9.19. The molecule has 2 aliphatic rings. The largest absolute Gasteiger partial charge is 0.478 e. The van der Waals surface area contributed by atoms with E-state index in [1.54, 1.807) is 0 Å². The highest BCUT2D eigenvalue weighted by atomic mass is 16.5. The van der Waals surface area contributed by atoms with E-state index in [0.717, 1.165) is 25.9 Å². The molecule has 2 unspecified atom stereocenters. The molecule has 0 aromatic heterocycles. The first-order valence-electron chi connectivity index (χ1n) is 17.3. The van der Waals surface area contributed by atoms with Crippen LogP contribution in [0.1, 0.15) is 92.6 Å². The molecule has 10 nitrogen and oxygen atoms in total. The number of rotatable bonds is 8. The van der Waals surface area contributed by atoms with Crippen molar-refractivity contribution in [2.75, 3.05) is 27.3 Å². The minimum atomic E-state index is -1.26. The molecule has 0 amide bonds. The summed E-state index contributed by atoms with van der Waals surface area (Å²) in [6.45, 7) is 2.03. The molecule has 6 rings (SSSR count). The van der Waals surface area contributed by atoms with Crippen molar-refractivity contribution in [1.82, 2.24) is 10.6 Å². The smallest absolute Gasteiger partial charge is 0.337 e. The van der Waals surface area contributed by atoms with E-state index in [1.165, 1.54) is 49.3 Å². The zero-order chi connectivity index (χ0) is 37.3. The van der Waals surface area contributed by atoms with Crippen LogP contribution < -0.4 is 10.6 Å². The molecular weight excluding hydrogens is 660 g/mol. The average Bonchev–Trinajstić information content (AvgIpc) is 3.21. The Morgan fingerprint density at radius 3 is 1.19 bits per heavy atom. The topological polar surface area (TPSA) is 151 Å². The van der Waals surface area contributed by atoms with Crippen molar-refractivity contribution in [3.8, 4) is 0 Å². The van der Waals surface area contributed by atoms with E-state index in [9.17, 15) is 19.2 Å². The lowest BCUT2D eigenvalue weighted by Crippen LogP contribution is -2.30. The summed E-state index contributed by atoms with van der Waals surface area (Å²) in [7, 11) is 2.81. The molecule has 0 bridgehead atoms. The zero-order valence-electron chi connectivity index (χ0n) is 29.4. The van der Waals surface area contributed by atoms with Gasteiger partial charge in [0.05, 0.1) is 25.3 Å². The van der Waals surface area contributed by atoms with Crippen molar-refractivity contribution in [3.63, 3.8) is 0 Å². The summed E-state index contributed by atoms with van der Waals surface area (Å²) >= 11 is 0. The highest BCUT2D eigenvalue weighted by Crippen LogP contribution is 2.35. The van der Waals surface area contributed by atoms with Crippen molar-refractivity contribution in [2.24, 2.45) is 0 Å². The highest BCUT2D eigenvalue weighted by molar-refractivity contribution is 5.90. The minimum Gasteiger partial charge on any atom is -0.478 e. The van der Waals surface area contributed by atoms with Crippen LogP contribution in [-0.2, 0) is 19.1 Å². The van der Waals surface area contributed by atoms with Crippen molar-refractivity contribution in [1.29, 1.82) is 0 Å². The van der Waals surface area contributed by atoms with Gasteiger partial charge in [0.1, 0.15) is 0 Å². The van der Waals surface area contributed by atoms with Crippen LogP contribution in [0.5, 0.6) is 0 Å². The van der Waals surface area contributed by atoms with Gasteiger partial charge in [-0.1, -0.05) is 84.9 Å². The van der Waals surface area contributed by atoms with Crippen LogP contribution in [0.4, 0.5) is 0 Å². The van der Waals surface area contributed by atoms with E-state index in [1.807, 2.05) is 48.5 Å². The van der Waals surface area contributed by atoms with Gasteiger partial charge in [0.15, 0.2) is 0 Å². The molecule has 0 radical (unpaired) electrons. The van der Waals surface area contributed by atoms with E-state index in [-0.39, 0.29) is 11.9 Å². The maximum absolute atomic E-state index is 11.5. The molecule has 0 saturated carbocycles. The Morgan fingerprint density at radius 1 is 0.538 bits per heavy atom. The first-order valence-corrected chi connectivity index (χ1v) is 17.3. The Labute approximate surface area is 304 Å². The number of carbonyl (C=O) groups is 4. The lowest BCUT2D eigenvalue weighted by Gasteiger charge is -2.31. The van der Waals surface area contributed by atoms with Gasteiger partial charge in [0.25, 0.3) is 0 Å². The Hall–Kier alpha value is -5.58. The molecule has 4 aromatic carbocycles. The van der Waals surface area contributed by atoms with Crippen molar-refractivity contribution in [2.45, 2.75) is 49.6 Å². The van der Waals surface area contributed by atoms with Gasteiger partial charge in [0, 0.05) is 24.2 Å². The summed E-state index contributed by atoms with van der Waals surface area (Å²) in [6, 6.07) is 37.6. The van der Waals surface area contributed by atoms with Crippen molar-refractivity contribution in [3.05, 3.63) is 155 Å². The van der Waals surface area contributed by atoms with Crippen molar-refractivity contribution < 1.29 is 38.9 Å². The third kappa shape index (κ3) is 12.0. The number of esters is 2. The number of methoxy groups -OCH3 is 2. The number of carboxylic acids is 2. The van der Waals surface area contributed by atoms with Gasteiger partial charge in [-0.2, -0.15) is 0 Å². The molecular formula is C42H46N2O8. The lowest BCUT2D eigenvalue weighted by atomic mass is 9.84. The van der Waals surface area contributed by atoms with Crippen LogP contribution in [0.15, 0.2) is 121 Å². The van der Waals surface area contributed by atoms with E-state index in [4.69, 9.17) is 19.7 Å². The third-order valence-corrected chi connectivity index (χ3v) is 9.19. The molecule has 52 heavy (non-hydrogen) atoms. The molecule has 4 atom stereocenters. The van der Waals surface area contributed by atoms with Crippen LogP contribution in [-0.4, -0.2) is 61.4 Å². The second kappa shape index (κ2) is 20.3. The van der Waals surface area contributed by atoms with E-state index in [0.29, 0.717) is 47.2 Å². The fourth-order valence-electron chi connectivity index (χ4n) is 6.48. The second-order valence-corrected chi connectivity index (χ2v) is 12.5. The first-order chi connectivity index (χ1) is 25.2. The van der Waals surface area contributed by atoms with Gasteiger partial charge in [-0.25, -0.2) is 19.2 Å². The molecule has 4 N–H and O–H groups in total. The number of ether oxygens (including phenoxy) is 2. The van der Waals surface area contributed by atoms with Gasteiger partial charge in [-0.15, -0.1) is 0 Å². The second-order valence-electron chi connectivity index (χ2n) is 12.5. The number of carboxylic acid groups (broad SMARTS) is 2. The van der Waals surface area contributed by atoms with E-state index < -0.39 is 11.9 Å². The minimum absolute atomic E-state index is 0.287. The first kappa shape index (κ1) is 39.2. The maximum Gasteiger partial charge on any atom is 0.337 e. The predicted molar refractivity (Wildman–Crippen MR) is 198 cm³/mol. The van der Waals surface area contributed by atoms with Crippen LogP contribution in [0.25, 0.3) is 0 Å². The molecule has 0 spiro atoms. The zero-order valence-corrected chi connectivity index (χ0v) is 29.4. The SMILES string of the molecule is COC(=O)c1ccc([C@@H]2CC(c3ccccc3)CCN2)cc1.COC(=O)c1ccc([C@@H]2CC(c3ccccc3)CCN2)cc1.O=C(O)/C=C\C(=O)O. The van der Waals surface area contributed by atoms with Crippen molar-refractivity contribution >= 4 is 23.9 Å². The fraction of sp³-hybridized carbons (Fsp3) is 0.286. The molecule has 2 heterocycles. The van der Waals surface area contributed by atoms with Gasteiger partial charge >= 0.3 is 23.9 Å². The quantitative estimate of drug-likeness (QED) is 0.111. The Balaban J connectivity index is 0.000000193. The molecule has 2 aliphatic heterocycles. The number of piperidine rings is 2. The Morgan fingerprint density at radius 2 is 0.885 bits per heavy atom. The molecule has 4 aromatic rings. The van der Waals surface area contributed by atoms with Gasteiger partial charge < -0.3 is 30.3 Å². The number of aliphatic carboxylic acids is 2. The lowest BCUT2D eigenvalue weighted by molar-refractivity contribution is -0.134. The number of hydrogen-bond donors (Lipinski definition) is 4. The summed E-state index contributed by atoms with van der Waals surface area (Å²) in [5, 5.41) is 22.8. The summed E-state index contributed by atoms with van der Waals surface area (Å²) in [6.07, 6.45) is 5.62. The number of carbonyl (C=O) groups excluding carboxylic acids is 2. The monoisotopic (exact) mass is 706 g/mol. The van der Waals surface area contributed by atoms with E-state index in [2.05, 4.69) is 71.3 Å². The Kier molecular flexibility index (Phi) is 15.3. The van der Waals surface area contributed by atoms with Crippen LogP contribution in [0.2, 0.25) is 0 Å². The number of benzene rings is 4. The average molecular weight is 707 g/mol. The van der Waals surface area contributed by atoms with Crippen LogP contribution in [0.3, 0.4) is 0 Å². The summed E-state index contributed by atoms with van der Waals surface area (Å²) < 4.78 is 9.48. The predicted octanol–water partition coefficient (Wildman–Crippen LogP) is 7.07. The summed E-state index contributed by atoms with van der Waals surface area (Å²) in [5.41, 5.74) is 6.49. The van der Waals surface area contributed by atoms with Crippen LogP contribution in [0, 0.1) is 0 Å². The van der Waals surface area contributed by atoms with Gasteiger partial charge in [-0.05, 0) is 97.1 Å². The van der Waals surface area contributed by atoms with E-state index >= 15 is 0 Å². The molecule has 10 heteroatoms. The fourth-order valence-corrected chi connectivity index (χ4v) is 6.48.